The molecule has 4 nitrogen and oxygen atoms in total. The van der Waals surface area contributed by atoms with Gasteiger partial charge in [0.2, 0.25) is 0 Å². The fourth-order valence-corrected chi connectivity index (χ4v) is 2.17. The van der Waals surface area contributed by atoms with Gasteiger partial charge in [-0.15, -0.1) is 11.6 Å². The molecule has 0 aromatic rings. The van der Waals surface area contributed by atoms with Gasteiger partial charge < -0.3 is 14.2 Å². The highest BCUT2D eigenvalue weighted by atomic mass is 35.5. The summed E-state index contributed by atoms with van der Waals surface area (Å²) < 4.78 is 16.6. The topological polar surface area (TPSA) is 44.8 Å². The summed E-state index contributed by atoms with van der Waals surface area (Å²) >= 11 is 5.82. The second kappa shape index (κ2) is 6.73. The lowest BCUT2D eigenvalue weighted by Crippen LogP contribution is -2.46. The maximum atomic E-state index is 11.7. The Morgan fingerprint density at radius 2 is 2.06 bits per heavy atom. The van der Waals surface area contributed by atoms with Crippen molar-refractivity contribution in [2.24, 2.45) is 0 Å². The Morgan fingerprint density at radius 3 is 2.61 bits per heavy atom. The van der Waals surface area contributed by atoms with Crippen LogP contribution in [0.25, 0.3) is 0 Å². The van der Waals surface area contributed by atoms with Gasteiger partial charge in [-0.05, 0) is 27.2 Å². The van der Waals surface area contributed by atoms with Gasteiger partial charge in [-0.1, -0.05) is 6.92 Å². The van der Waals surface area contributed by atoms with Crippen molar-refractivity contribution in [2.75, 3.05) is 5.88 Å². The summed E-state index contributed by atoms with van der Waals surface area (Å²) in [5.41, 5.74) is 0. The summed E-state index contributed by atoms with van der Waals surface area (Å²) in [5, 5.41) is 0. The Labute approximate surface area is 114 Å². The van der Waals surface area contributed by atoms with Crippen LogP contribution >= 0.6 is 11.6 Å². The summed E-state index contributed by atoms with van der Waals surface area (Å²) in [7, 11) is 0. The van der Waals surface area contributed by atoms with Crippen LogP contribution in [0.15, 0.2) is 0 Å². The number of alkyl halides is 1. The van der Waals surface area contributed by atoms with Crippen LogP contribution in [-0.4, -0.2) is 35.9 Å². The molecule has 3 atom stereocenters. The van der Waals surface area contributed by atoms with E-state index in [1.54, 1.807) is 0 Å². The van der Waals surface area contributed by atoms with Gasteiger partial charge in [-0.2, -0.15) is 0 Å². The quantitative estimate of drug-likeness (QED) is 0.573. The Bertz CT molecular complexity index is 280. The van der Waals surface area contributed by atoms with E-state index >= 15 is 0 Å². The number of carbonyl (C=O) groups excluding carboxylic acids is 1. The first-order chi connectivity index (χ1) is 8.36. The monoisotopic (exact) mass is 278 g/mol. The van der Waals surface area contributed by atoms with Crippen molar-refractivity contribution < 1.29 is 19.0 Å². The third-order valence-electron chi connectivity index (χ3n) is 2.90. The number of esters is 1. The Kier molecular flexibility index (Phi) is 5.89. The molecule has 0 amide bonds. The first kappa shape index (κ1) is 15.7. The summed E-state index contributed by atoms with van der Waals surface area (Å²) in [6.07, 6.45) is 1.39. The van der Waals surface area contributed by atoms with E-state index in [-0.39, 0.29) is 30.7 Å². The van der Waals surface area contributed by atoms with Crippen molar-refractivity contribution in [3.8, 4) is 0 Å². The Hall–Kier alpha value is -0.320. The molecule has 0 N–H and O–H groups in total. The van der Waals surface area contributed by atoms with E-state index in [9.17, 15) is 4.79 Å². The predicted molar refractivity (Wildman–Crippen MR) is 69.6 cm³/mol. The maximum Gasteiger partial charge on any atom is 0.308 e. The molecule has 0 radical (unpaired) electrons. The minimum absolute atomic E-state index is 0.0471. The molecule has 1 saturated heterocycles. The first-order valence-electron chi connectivity index (χ1n) is 6.47. The molecule has 0 aromatic carbocycles. The second-order valence-corrected chi connectivity index (χ2v) is 5.49. The number of rotatable bonds is 5. The zero-order chi connectivity index (χ0) is 13.8. The molecule has 1 rings (SSSR count). The van der Waals surface area contributed by atoms with Crippen LogP contribution in [0.1, 0.15) is 47.0 Å². The molecule has 106 valence electrons. The van der Waals surface area contributed by atoms with Gasteiger partial charge in [0, 0.05) is 12.3 Å². The van der Waals surface area contributed by atoms with E-state index in [4.69, 9.17) is 25.8 Å². The standard InChI is InChI=1S/C13H23ClO4/c1-5-9(2)16-12(15)7-10-6-11(8-14)18-13(3,4)17-10/h9-11H,5-8H2,1-4H3/t9?,10-,11+/m0/s1. The minimum Gasteiger partial charge on any atom is -0.463 e. The average molecular weight is 279 g/mol. The SMILES string of the molecule is CCC(C)OC(=O)C[C@@H]1C[C@H](CCl)OC(C)(C)O1. The number of hydrogen-bond donors (Lipinski definition) is 0. The average Bonchev–Trinajstić information content (AvgIpc) is 2.26. The minimum atomic E-state index is -0.695. The van der Waals surface area contributed by atoms with Crippen LogP contribution in [-0.2, 0) is 19.0 Å². The smallest absolute Gasteiger partial charge is 0.308 e. The van der Waals surface area contributed by atoms with Gasteiger partial charge in [0.15, 0.2) is 5.79 Å². The number of hydrogen-bond acceptors (Lipinski definition) is 4. The fraction of sp³-hybridized carbons (Fsp3) is 0.923. The second-order valence-electron chi connectivity index (χ2n) is 5.18. The lowest BCUT2D eigenvalue weighted by Gasteiger charge is -2.40. The molecular formula is C13H23ClO4. The van der Waals surface area contributed by atoms with Crippen molar-refractivity contribution in [3.05, 3.63) is 0 Å². The highest BCUT2D eigenvalue weighted by molar-refractivity contribution is 6.18. The summed E-state index contributed by atoms with van der Waals surface area (Å²) in [6.45, 7) is 7.53. The van der Waals surface area contributed by atoms with Gasteiger partial charge in [0.05, 0.1) is 24.7 Å². The van der Waals surface area contributed by atoms with Crippen LogP contribution in [0.2, 0.25) is 0 Å². The Balaban J connectivity index is 2.48. The molecule has 0 bridgehead atoms. The van der Waals surface area contributed by atoms with E-state index in [1.807, 2.05) is 27.7 Å². The third kappa shape index (κ3) is 5.12. The van der Waals surface area contributed by atoms with Crippen molar-refractivity contribution in [1.29, 1.82) is 0 Å². The maximum absolute atomic E-state index is 11.7. The molecule has 18 heavy (non-hydrogen) atoms. The van der Waals surface area contributed by atoms with E-state index in [0.717, 1.165) is 6.42 Å². The van der Waals surface area contributed by atoms with Crippen molar-refractivity contribution in [3.63, 3.8) is 0 Å². The summed E-state index contributed by atoms with van der Waals surface area (Å²) in [5.74, 6) is -0.511. The van der Waals surface area contributed by atoms with Crippen LogP contribution in [0.3, 0.4) is 0 Å². The largest absolute Gasteiger partial charge is 0.463 e. The molecule has 0 spiro atoms. The molecule has 1 unspecified atom stereocenters. The molecule has 5 heteroatoms. The predicted octanol–water partition coefficient (Wildman–Crippen LogP) is 2.87. The van der Waals surface area contributed by atoms with Gasteiger partial charge >= 0.3 is 5.97 Å². The van der Waals surface area contributed by atoms with E-state index in [0.29, 0.717) is 12.3 Å². The van der Waals surface area contributed by atoms with Gasteiger partial charge in [0.1, 0.15) is 0 Å². The van der Waals surface area contributed by atoms with Crippen LogP contribution in [0.5, 0.6) is 0 Å². The number of carbonyl (C=O) groups is 1. The third-order valence-corrected chi connectivity index (χ3v) is 3.24. The molecule has 1 aliphatic rings. The molecule has 0 aromatic heterocycles. The molecule has 0 aliphatic carbocycles. The lowest BCUT2D eigenvalue weighted by molar-refractivity contribution is -0.295. The summed E-state index contributed by atoms with van der Waals surface area (Å²) in [6, 6.07) is 0. The van der Waals surface area contributed by atoms with Crippen molar-refractivity contribution in [2.45, 2.75) is 71.1 Å². The van der Waals surface area contributed by atoms with Crippen LogP contribution in [0.4, 0.5) is 0 Å². The van der Waals surface area contributed by atoms with E-state index in [2.05, 4.69) is 0 Å². The molecule has 1 heterocycles. The zero-order valence-electron chi connectivity index (χ0n) is 11.6. The van der Waals surface area contributed by atoms with E-state index in [1.165, 1.54) is 0 Å². The van der Waals surface area contributed by atoms with Crippen molar-refractivity contribution in [1.82, 2.24) is 0 Å². The highest BCUT2D eigenvalue weighted by Gasteiger charge is 2.36. The molecule has 1 aliphatic heterocycles. The molecular weight excluding hydrogens is 256 g/mol. The highest BCUT2D eigenvalue weighted by Crippen LogP contribution is 2.29. The Morgan fingerprint density at radius 1 is 1.44 bits per heavy atom. The zero-order valence-corrected chi connectivity index (χ0v) is 12.3. The first-order valence-corrected chi connectivity index (χ1v) is 7.00. The van der Waals surface area contributed by atoms with E-state index < -0.39 is 5.79 Å². The fourth-order valence-electron chi connectivity index (χ4n) is 1.98. The summed E-state index contributed by atoms with van der Waals surface area (Å²) in [4.78, 5) is 11.7. The van der Waals surface area contributed by atoms with Crippen LogP contribution in [0, 0.1) is 0 Å². The van der Waals surface area contributed by atoms with Gasteiger partial charge in [-0.3, -0.25) is 4.79 Å². The van der Waals surface area contributed by atoms with Crippen LogP contribution < -0.4 is 0 Å². The van der Waals surface area contributed by atoms with Crippen molar-refractivity contribution >= 4 is 17.6 Å². The normalized spacial score (nSPS) is 28.7. The van der Waals surface area contributed by atoms with Gasteiger partial charge in [-0.25, -0.2) is 0 Å². The molecule has 1 fully saturated rings. The molecule has 0 saturated carbocycles. The number of halogens is 1. The number of ether oxygens (including phenoxy) is 3. The van der Waals surface area contributed by atoms with Gasteiger partial charge in [0.25, 0.3) is 0 Å². The lowest BCUT2D eigenvalue weighted by atomic mass is 10.1.